The van der Waals surface area contributed by atoms with Crippen LogP contribution >= 0.6 is 0 Å². The molecule has 0 rings (SSSR count). The highest BCUT2D eigenvalue weighted by molar-refractivity contribution is 4.99. The Morgan fingerprint density at radius 3 is 0.694 bits per heavy atom. The number of aliphatic hydroxyl groups excluding tert-OH is 1. The van der Waals surface area contributed by atoms with E-state index in [9.17, 15) is 127 Å². The zero-order valence-electron chi connectivity index (χ0n) is 20.7. The van der Waals surface area contributed by atoms with Crippen LogP contribution in [0.1, 0.15) is 0 Å². The number of alkyl halides is 29. The third-order valence-corrected chi connectivity index (χ3v) is 4.66. The molecule has 0 aromatic carbocycles. The molecule has 0 bridgehead atoms. The lowest BCUT2D eigenvalue weighted by molar-refractivity contribution is -0.593. The predicted octanol–water partition coefficient (Wildman–Crippen LogP) is 8.53. The summed E-state index contributed by atoms with van der Waals surface area (Å²) in [4.78, 5) is 0. The molecule has 0 radical (unpaired) electrons. The molecule has 0 fully saturated rings. The van der Waals surface area contributed by atoms with Crippen LogP contribution in [0.5, 0.6) is 0 Å². The van der Waals surface area contributed by atoms with Gasteiger partial charge in [0.2, 0.25) is 0 Å². The Balaban J connectivity index is 7.61. The molecular weight excluding hydrogens is 811 g/mol. The van der Waals surface area contributed by atoms with Crippen molar-refractivity contribution in [1.29, 1.82) is 0 Å². The van der Waals surface area contributed by atoms with Crippen LogP contribution in [0.15, 0.2) is 0 Å². The molecule has 0 spiro atoms. The lowest BCUT2D eigenvalue weighted by Crippen LogP contribution is -2.72. The molecule has 0 saturated carbocycles. The molecule has 0 aromatic rings. The van der Waals surface area contributed by atoms with Crippen molar-refractivity contribution in [3.8, 4) is 0 Å². The van der Waals surface area contributed by atoms with Crippen LogP contribution in [0.4, 0.5) is 127 Å². The van der Waals surface area contributed by atoms with Gasteiger partial charge in [0.1, 0.15) is 6.61 Å². The summed E-state index contributed by atoms with van der Waals surface area (Å²) in [6, 6.07) is 0. The zero-order chi connectivity index (χ0) is 40.5. The van der Waals surface area contributed by atoms with E-state index in [0.29, 0.717) is 0 Å². The van der Waals surface area contributed by atoms with Gasteiger partial charge < -0.3 is 5.11 Å². The predicted molar refractivity (Wildman–Crippen MR) is 81.8 cm³/mol. The van der Waals surface area contributed by atoms with Crippen LogP contribution in [0.3, 0.4) is 0 Å². The summed E-state index contributed by atoms with van der Waals surface area (Å²) in [6.45, 7) is -3.78. The fourth-order valence-electron chi connectivity index (χ4n) is 2.19. The van der Waals surface area contributed by atoms with Crippen LogP contribution in [0, 0.1) is 0 Å². The monoisotopic (exact) mass is 814 g/mol. The first-order valence-electron chi connectivity index (χ1n) is 10.0. The molecule has 0 aliphatic heterocycles. The Morgan fingerprint density at radius 1 is 0.286 bits per heavy atom. The molecule has 0 amide bonds. The minimum absolute atomic E-state index is 0.845. The maximum atomic E-state index is 14.3. The average Bonchev–Trinajstić information content (AvgIpc) is 2.78. The van der Waals surface area contributed by atoms with E-state index in [0.717, 1.165) is 14.2 Å². The Kier molecular flexibility index (Phi) is 11.6. The highest BCUT2D eigenvalue weighted by atomic mass is 19.4. The van der Waals surface area contributed by atoms with E-state index in [1.54, 1.807) is 0 Å². The summed E-state index contributed by atoms with van der Waals surface area (Å²) in [7, 11) is 0. The summed E-state index contributed by atoms with van der Waals surface area (Å²) in [5.74, 6) is -42.2. The molecule has 1 N–H and O–H groups in total. The Morgan fingerprint density at radius 2 is 0.510 bits per heavy atom. The van der Waals surface area contributed by atoms with Gasteiger partial charge in [-0.15, -0.1) is 0 Å². The summed E-state index contributed by atoms with van der Waals surface area (Å²) in [6.07, 6.45) is -76.7. The maximum absolute atomic E-state index is 14.3. The van der Waals surface area contributed by atoms with Crippen molar-refractivity contribution in [2.75, 3.05) is 6.61 Å². The van der Waals surface area contributed by atoms with Crippen molar-refractivity contribution in [3.05, 3.63) is 0 Å². The van der Waals surface area contributed by atoms with Gasteiger partial charge in [-0.2, -0.15) is 127 Å². The summed E-state index contributed by atoms with van der Waals surface area (Å²) in [5.41, 5.74) is 0. The Labute approximate surface area is 244 Å². The van der Waals surface area contributed by atoms with Gasteiger partial charge in [0.25, 0.3) is 0 Å². The second kappa shape index (κ2) is 12.2. The minimum atomic E-state index is -9.19. The molecule has 0 aromatic heterocycles. The normalized spacial score (nSPS) is 20.7. The topological polar surface area (TPSA) is 57.2 Å². The molecule has 5 nitrogen and oxygen atoms in total. The van der Waals surface area contributed by atoms with Gasteiger partial charge in [-0.05, 0) is 0 Å². The minimum Gasteiger partial charge on any atom is -0.390 e. The molecular formula is C15H3F29O5. The molecule has 0 saturated heterocycles. The second-order valence-electron chi connectivity index (χ2n) is 8.21. The molecule has 34 heteroatoms. The fourth-order valence-corrected chi connectivity index (χ4v) is 2.19. The summed E-state index contributed by atoms with van der Waals surface area (Å²) in [5, 5.41) is 8.11. The van der Waals surface area contributed by atoms with Gasteiger partial charge >= 0.3 is 84.7 Å². The Hall–Kier alpha value is -2.23. The van der Waals surface area contributed by atoms with Crippen LogP contribution in [-0.4, -0.2) is 96.4 Å². The molecule has 296 valence electrons. The van der Waals surface area contributed by atoms with Crippen molar-refractivity contribution in [3.63, 3.8) is 0 Å². The molecule has 0 aliphatic rings. The highest BCUT2D eigenvalue weighted by Gasteiger charge is 2.90. The van der Waals surface area contributed by atoms with Gasteiger partial charge in [0, 0.05) is 0 Å². The quantitative estimate of drug-likeness (QED) is 0.189. The first kappa shape index (κ1) is 46.8. The smallest absolute Gasteiger partial charge is 0.390 e. The first-order chi connectivity index (χ1) is 20.6. The number of halogens is 29. The summed E-state index contributed by atoms with van der Waals surface area (Å²) >= 11 is 0. The second-order valence-corrected chi connectivity index (χ2v) is 8.21. The van der Waals surface area contributed by atoms with Gasteiger partial charge in [-0.1, -0.05) is 0 Å². The highest BCUT2D eigenvalue weighted by Crippen LogP contribution is 2.61. The molecule has 49 heavy (non-hydrogen) atoms. The van der Waals surface area contributed by atoms with Crippen LogP contribution in [0.2, 0.25) is 0 Å². The van der Waals surface area contributed by atoms with Crippen molar-refractivity contribution < 1.29 is 151 Å². The van der Waals surface area contributed by atoms with Crippen molar-refractivity contribution in [2.24, 2.45) is 0 Å². The van der Waals surface area contributed by atoms with Crippen molar-refractivity contribution in [1.82, 2.24) is 0 Å². The zero-order valence-corrected chi connectivity index (χ0v) is 20.7. The van der Waals surface area contributed by atoms with E-state index in [4.69, 9.17) is 5.11 Å². The van der Waals surface area contributed by atoms with Crippen molar-refractivity contribution >= 4 is 0 Å². The van der Waals surface area contributed by atoms with E-state index >= 15 is 0 Å². The van der Waals surface area contributed by atoms with Crippen molar-refractivity contribution in [2.45, 2.75) is 84.7 Å². The Bertz CT molecular complexity index is 1150. The van der Waals surface area contributed by atoms with Crippen LogP contribution in [-0.2, 0) is 18.9 Å². The van der Waals surface area contributed by atoms with Gasteiger partial charge in [-0.25, -0.2) is 0 Å². The first-order valence-corrected chi connectivity index (χ1v) is 10.0. The summed E-state index contributed by atoms with van der Waals surface area (Å²) < 4.78 is 386. The van der Waals surface area contributed by atoms with E-state index in [-0.39, 0.29) is 0 Å². The molecule has 0 heterocycles. The van der Waals surface area contributed by atoms with Gasteiger partial charge in [0.15, 0.2) is 0 Å². The van der Waals surface area contributed by atoms with Gasteiger partial charge in [0.05, 0.1) is 0 Å². The third-order valence-electron chi connectivity index (χ3n) is 4.66. The average molecular weight is 814 g/mol. The van der Waals surface area contributed by atoms with Crippen LogP contribution < -0.4 is 0 Å². The third kappa shape index (κ3) is 7.84. The van der Waals surface area contributed by atoms with E-state index < -0.39 is 91.3 Å². The number of rotatable bonds is 13. The van der Waals surface area contributed by atoms with E-state index in [1.165, 1.54) is 4.74 Å². The van der Waals surface area contributed by atoms with Gasteiger partial charge in [-0.3, -0.25) is 18.9 Å². The maximum Gasteiger partial charge on any atom is 0.462 e. The number of ether oxygens (including phenoxy) is 4. The SMILES string of the molecule is OC[C@](F)(OC(F)(F)[C@@](F)(OC(F)(F)[C@@](F)(OC(F)(F)[C@@](F)(OC(F)(F)C(F)(F)C(F)(F)F)C(F)(F)F)C(F)(F)F)C(F)(F)F)C(F)(F)F. The van der Waals surface area contributed by atoms with E-state index in [2.05, 4.69) is 0 Å². The van der Waals surface area contributed by atoms with Crippen LogP contribution in [0.25, 0.3) is 0 Å². The lowest BCUT2D eigenvalue weighted by atomic mass is 10.2. The number of hydrogen-bond donors (Lipinski definition) is 1. The molecule has 0 aliphatic carbocycles. The largest absolute Gasteiger partial charge is 0.462 e. The molecule has 4 atom stereocenters. The van der Waals surface area contributed by atoms with E-state index in [1.807, 2.05) is 0 Å². The number of hydrogen-bond acceptors (Lipinski definition) is 5. The standard InChI is InChI=1S/C15H3F29O5/c16-2(1-45,7(22,23)24)46-13(39,40)4(19,9(28,29)30)48-15(43,44)6(21,11(34,35)36)49-14(41,42)5(20,10(31,32)33)47-12(37,38)3(17,18)8(25,26)27/h45H,1H2/t2-,4-,5-,6-/m0/s1. The lowest BCUT2D eigenvalue weighted by Gasteiger charge is -2.44. The number of aliphatic hydroxyl groups is 1. The fraction of sp³-hybridized carbons (Fsp3) is 1.00. The molecule has 0 unspecified atom stereocenters.